The van der Waals surface area contributed by atoms with Crippen LogP contribution in [-0.2, 0) is 5.41 Å². The molecule has 0 N–H and O–H groups in total. The van der Waals surface area contributed by atoms with Crippen molar-refractivity contribution in [2.75, 3.05) is 0 Å². The van der Waals surface area contributed by atoms with E-state index in [4.69, 9.17) is 21.0 Å². The second-order valence-corrected chi connectivity index (χ2v) is 7.77. The number of nitrogens with zero attached hydrogens (tertiary/aromatic N) is 1. The van der Waals surface area contributed by atoms with E-state index >= 15 is 0 Å². The number of hydrogen-bond acceptors (Lipinski definition) is 2. The van der Waals surface area contributed by atoms with Crippen LogP contribution in [0.25, 0.3) is 11.1 Å². The van der Waals surface area contributed by atoms with E-state index in [2.05, 4.69) is 0 Å². The van der Waals surface area contributed by atoms with Crippen molar-refractivity contribution in [3.8, 4) is 0 Å². The van der Waals surface area contributed by atoms with Crippen LogP contribution in [0, 0.1) is 17.8 Å². The highest BCUT2D eigenvalue weighted by Gasteiger charge is 2.54. The molecule has 0 amide bonds. The second kappa shape index (κ2) is 3.79. The number of benzene rings is 1. The van der Waals surface area contributed by atoms with Crippen LogP contribution in [0.2, 0.25) is 5.02 Å². The van der Waals surface area contributed by atoms with Gasteiger partial charge in [-0.2, -0.15) is 0 Å². The fraction of sp³-hybridized carbons (Fsp3) is 0.588. The van der Waals surface area contributed by atoms with Gasteiger partial charge in [-0.1, -0.05) is 11.6 Å². The maximum Gasteiger partial charge on any atom is 0.201 e. The second-order valence-electron chi connectivity index (χ2n) is 7.33. The third-order valence-electron chi connectivity index (χ3n) is 5.84. The Labute approximate surface area is 123 Å². The van der Waals surface area contributed by atoms with Crippen LogP contribution < -0.4 is 0 Å². The Morgan fingerprint density at radius 1 is 1.05 bits per heavy atom. The number of aromatic nitrogens is 1. The van der Waals surface area contributed by atoms with E-state index in [1.165, 1.54) is 38.5 Å². The van der Waals surface area contributed by atoms with Gasteiger partial charge in [-0.3, -0.25) is 0 Å². The molecular weight excluding hydrogens is 270 g/mol. The quantitative estimate of drug-likeness (QED) is 0.742. The minimum Gasteiger partial charge on any atom is -0.440 e. The monoisotopic (exact) mass is 287 g/mol. The number of halogens is 1. The van der Waals surface area contributed by atoms with Crippen molar-refractivity contribution in [1.29, 1.82) is 0 Å². The molecule has 3 heteroatoms. The average molecular weight is 288 g/mol. The summed E-state index contributed by atoms with van der Waals surface area (Å²) in [4.78, 5) is 4.81. The van der Waals surface area contributed by atoms with Gasteiger partial charge in [0.05, 0.1) is 0 Å². The molecule has 20 heavy (non-hydrogen) atoms. The molecule has 4 saturated carbocycles. The van der Waals surface area contributed by atoms with Gasteiger partial charge in [0.1, 0.15) is 5.52 Å². The summed E-state index contributed by atoms with van der Waals surface area (Å²) in [6.45, 7) is 0. The predicted octanol–water partition coefficient (Wildman–Crippen LogP) is 4.95. The summed E-state index contributed by atoms with van der Waals surface area (Å²) in [5.41, 5.74) is 2.05. The molecule has 0 saturated heterocycles. The summed E-state index contributed by atoms with van der Waals surface area (Å²) in [7, 11) is 0. The first-order valence-corrected chi connectivity index (χ1v) is 8.15. The Kier molecular flexibility index (Phi) is 2.20. The fourth-order valence-electron chi connectivity index (χ4n) is 5.50. The van der Waals surface area contributed by atoms with Crippen LogP contribution in [0.1, 0.15) is 44.4 Å². The Balaban J connectivity index is 1.63. The smallest absolute Gasteiger partial charge is 0.201 e. The van der Waals surface area contributed by atoms with Crippen molar-refractivity contribution >= 4 is 22.7 Å². The van der Waals surface area contributed by atoms with Gasteiger partial charge in [0.2, 0.25) is 5.89 Å². The molecule has 1 aromatic heterocycles. The Morgan fingerprint density at radius 2 is 1.70 bits per heavy atom. The molecule has 0 atom stereocenters. The molecule has 1 heterocycles. The van der Waals surface area contributed by atoms with Gasteiger partial charge in [-0.15, -0.1) is 0 Å². The molecule has 0 unspecified atom stereocenters. The Morgan fingerprint density at radius 3 is 2.35 bits per heavy atom. The molecule has 4 bridgehead atoms. The number of oxazole rings is 1. The molecule has 4 aliphatic rings. The summed E-state index contributed by atoms with van der Waals surface area (Å²) in [6, 6.07) is 5.76. The summed E-state index contributed by atoms with van der Waals surface area (Å²) >= 11 is 6.07. The summed E-state index contributed by atoms with van der Waals surface area (Å²) in [6.07, 6.45) is 8.22. The van der Waals surface area contributed by atoms with E-state index in [0.717, 1.165) is 39.8 Å². The number of rotatable bonds is 1. The van der Waals surface area contributed by atoms with Gasteiger partial charge in [-0.05, 0) is 74.5 Å². The van der Waals surface area contributed by atoms with Crippen molar-refractivity contribution in [2.45, 2.75) is 43.9 Å². The third-order valence-corrected chi connectivity index (χ3v) is 6.08. The fourth-order valence-corrected chi connectivity index (χ4v) is 5.67. The first-order chi connectivity index (χ1) is 9.70. The van der Waals surface area contributed by atoms with Gasteiger partial charge < -0.3 is 4.42 Å². The zero-order chi connectivity index (χ0) is 13.3. The molecular formula is C17H18ClNO. The van der Waals surface area contributed by atoms with Crippen molar-refractivity contribution < 1.29 is 4.42 Å². The highest BCUT2D eigenvalue weighted by Crippen LogP contribution is 2.60. The molecule has 4 aliphatic carbocycles. The molecule has 6 rings (SSSR count). The molecule has 4 fully saturated rings. The van der Waals surface area contributed by atoms with Gasteiger partial charge in [0, 0.05) is 10.4 Å². The standard InChI is InChI=1S/C17H18ClNO/c18-13-1-2-15-14(6-13)19-16(20-15)17-7-10-3-11(8-17)5-12(4-10)9-17/h1-2,6,10-12H,3-5,7-9H2. The van der Waals surface area contributed by atoms with Crippen LogP contribution in [0.5, 0.6) is 0 Å². The van der Waals surface area contributed by atoms with E-state index in [-0.39, 0.29) is 5.41 Å². The summed E-state index contributed by atoms with van der Waals surface area (Å²) < 4.78 is 6.14. The Bertz CT molecular complexity index is 654. The maximum atomic E-state index is 6.14. The SMILES string of the molecule is Clc1ccc2oc(C34CC5CC(CC(C5)C3)C4)nc2c1. The first-order valence-electron chi connectivity index (χ1n) is 7.77. The lowest BCUT2D eigenvalue weighted by molar-refractivity contribution is -0.0170. The Hall–Kier alpha value is -1.02. The molecule has 0 spiro atoms. The van der Waals surface area contributed by atoms with E-state index in [9.17, 15) is 0 Å². The largest absolute Gasteiger partial charge is 0.440 e. The van der Waals surface area contributed by atoms with E-state index in [1.54, 1.807) is 0 Å². The van der Waals surface area contributed by atoms with E-state index < -0.39 is 0 Å². The van der Waals surface area contributed by atoms with Crippen molar-refractivity contribution in [3.05, 3.63) is 29.1 Å². The zero-order valence-corrected chi connectivity index (χ0v) is 12.2. The summed E-state index contributed by atoms with van der Waals surface area (Å²) in [5, 5.41) is 0.739. The highest BCUT2D eigenvalue weighted by molar-refractivity contribution is 6.31. The van der Waals surface area contributed by atoms with Crippen LogP contribution in [0.15, 0.2) is 22.6 Å². The normalized spacial score (nSPS) is 38.8. The van der Waals surface area contributed by atoms with Crippen LogP contribution in [0.3, 0.4) is 0 Å². The molecule has 2 nitrogen and oxygen atoms in total. The van der Waals surface area contributed by atoms with E-state index in [0.29, 0.717) is 0 Å². The van der Waals surface area contributed by atoms with Gasteiger partial charge in [0.25, 0.3) is 0 Å². The van der Waals surface area contributed by atoms with Crippen molar-refractivity contribution in [3.63, 3.8) is 0 Å². The van der Waals surface area contributed by atoms with Crippen molar-refractivity contribution in [2.24, 2.45) is 17.8 Å². The topological polar surface area (TPSA) is 26.0 Å². The van der Waals surface area contributed by atoms with E-state index in [1.807, 2.05) is 18.2 Å². The predicted molar refractivity (Wildman–Crippen MR) is 78.9 cm³/mol. The number of hydrogen-bond donors (Lipinski definition) is 0. The zero-order valence-electron chi connectivity index (χ0n) is 11.4. The van der Waals surface area contributed by atoms with Crippen LogP contribution in [0.4, 0.5) is 0 Å². The van der Waals surface area contributed by atoms with Crippen LogP contribution in [-0.4, -0.2) is 4.98 Å². The third kappa shape index (κ3) is 1.54. The average Bonchev–Trinajstić information content (AvgIpc) is 2.80. The van der Waals surface area contributed by atoms with Crippen molar-refractivity contribution in [1.82, 2.24) is 4.98 Å². The van der Waals surface area contributed by atoms with Gasteiger partial charge in [-0.25, -0.2) is 4.98 Å². The van der Waals surface area contributed by atoms with Crippen LogP contribution >= 0.6 is 11.6 Å². The number of fused-ring (bicyclic) bond motifs is 1. The lowest BCUT2D eigenvalue weighted by Gasteiger charge is -2.55. The van der Waals surface area contributed by atoms with Gasteiger partial charge >= 0.3 is 0 Å². The molecule has 2 aromatic rings. The highest BCUT2D eigenvalue weighted by atomic mass is 35.5. The lowest BCUT2D eigenvalue weighted by atomic mass is 9.49. The molecule has 0 radical (unpaired) electrons. The minimum absolute atomic E-state index is 0.236. The molecule has 104 valence electrons. The molecule has 0 aliphatic heterocycles. The van der Waals surface area contributed by atoms with Gasteiger partial charge in [0.15, 0.2) is 5.58 Å². The minimum atomic E-state index is 0.236. The summed E-state index contributed by atoms with van der Waals surface area (Å²) in [5.74, 6) is 3.74. The first kappa shape index (κ1) is 11.6. The molecule has 1 aromatic carbocycles. The lowest BCUT2D eigenvalue weighted by Crippen LogP contribution is -2.48. The maximum absolute atomic E-state index is 6.14.